The number of hydrogen-bond donors (Lipinski definition) is 0. The second-order valence-corrected chi connectivity index (χ2v) is 12.3. The van der Waals surface area contributed by atoms with Crippen molar-refractivity contribution in [1.82, 2.24) is 15.0 Å². The van der Waals surface area contributed by atoms with Crippen molar-refractivity contribution in [3.63, 3.8) is 0 Å². The zero-order chi connectivity index (χ0) is 42.0. The first-order valence-corrected chi connectivity index (χ1v) is 15.1. The van der Waals surface area contributed by atoms with Crippen LogP contribution in [0.1, 0.15) is 58.2 Å². The van der Waals surface area contributed by atoms with Crippen LogP contribution in [0, 0.1) is 38.1 Å². The molecule has 8 aromatic rings. The summed E-state index contributed by atoms with van der Waals surface area (Å²) in [4.78, 5) is 13.1. The molecule has 48 heavy (non-hydrogen) atoms. The Labute approximate surface area is 311 Å². The van der Waals surface area contributed by atoms with Gasteiger partial charge in [-0.15, -0.1) is 54.1 Å². The van der Waals surface area contributed by atoms with Gasteiger partial charge in [-0.1, -0.05) is 85.8 Å². The van der Waals surface area contributed by atoms with E-state index in [-0.39, 0.29) is 42.6 Å². The van der Waals surface area contributed by atoms with Crippen LogP contribution in [-0.2, 0) is 26.5 Å². The number of fused-ring (bicyclic) bond motifs is 7. The molecule has 0 N–H and O–H groups in total. The van der Waals surface area contributed by atoms with Gasteiger partial charge in [0.25, 0.3) is 0 Å². The van der Waals surface area contributed by atoms with Gasteiger partial charge in [-0.3, -0.25) is 4.98 Å². The van der Waals surface area contributed by atoms with Crippen LogP contribution < -0.4 is 0 Å². The fraction of sp³-hybridized carbons (Fsp3) is 0.186. The Morgan fingerprint density at radius 1 is 0.750 bits per heavy atom. The Morgan fingerprint density at radius 2 is 1.54 bits per heavy atom. The van der Waals surface area contributed by atoms with Gasteiger partial charge in [0.1, 0.15) is 5.58 Å². The van der Waals surface area contributed by atoms with Gasteiger partial charge in [-0.05, 0) is 66.3 Å². The normalized spacial score (nSPS) is 15.9. The molecule has 0 atom stereocenters. The summed E-state index contributed by atoms with van der Waals surface area (Å²) in [7, 11) is 0. The van der Waals surface area contributed by atoms with Gasteiger partial charge in [0, 0.05) is 64.0 Å². The van der Waals surface area contributed by atoms with Crippen molar-refractivity contribution < 1.29 is 39.6 Å². The largest absolute Gasteiger partial charge is 0.500 e. The number of pyridine rings is 3. The molecule has 4 nitrogen and oxygen atoms in total. The molecule has 0 aliphatic heterocycles. The molecule has 0 unspecified atom stereocenters. The monoisotopic (exact) mass is 815 g/mol. The Hall–Kier alpha value is -4.70. The first-order valence-electron chi connectivity index (χ1n) is 20.6. The molecule has 4 aromatic carbocycles. The minimum absolute atomic E-state index is 0. The maximum absolute atomic E-state index is 8.21. The number of aromatic nitrogens is 3. The van der Waals surface area contributed by atoms with Crippen LogP contribution in [0.3, 0.4) is 0 Å². The predicted octanol–water partition coefficient (Wildman–Crippen LogP) is 11.2. The van der Waals surface area contributed by atoms with Crippen LogP contribution in [0.4, 0.5) is 0 Å². The molecule has 5 heteroatoms. The molecule has 8 rings (SSSR count). The van der Waals surface area contributed by atoms with Crippen LogP contribution in [-0.4, -0.2) is 15.0 Å². The fourth-order valence-electron chi connectivity index (χ4n) is 5.58. The molecular weight excluding hydrogens is 767 g/mol. The van der Waals surface area contributed by atoms with Crippen molar-refractivity contribution in [1.29, 1.82) is 0 Å². The minimum atomic E-state index is -2.68. The second-order valence-electron chi connectivity index (χ2n) is 12.3. The molecule has 0 aliphatic carbocycles. The number of nitrogens with zero attached hydrogens (tertiary/aromatic N) is 3. The summed E-state index contributed by atoms with van der Waals surface area (Å²) in [6, 6.07) is 33.0. The summed E-state index contributed by atoms with van der Waals surface area (Å²) in [5.41, 5.74) is 3.14. The average molecular weight is 815 g/mol. The molecule has 0 amide bonds. The molecular formula is C43H37IrN3O-2. The van der Waals surface area contributed by atoms with E-state index in [1.165, 1.54) is 12.1 Å². The zero-order valence-corrected chi connectivity index (χ0v) is 28.8. The minimum Gasteiger partial charge on any atom is -0.500 e. The standard InChI is InChI=1S/C27H19N2O.C16H18N.Ir/c1-15-13-23(28-14-16(15)2)22-6-4-5-20-21-12-11-18-9-10-19-8-7-17(3)29-25(19)24(18)27(21)30-26(20)22;1-16(2,3)11-13-9-10-15(17-12-13)14-7-5-4-6-8-14;/h4-5,7-14H,1-3H3;4-7,9-10,12H,11H2,1-3H3;/q2*-1;/i1D3,2D3,3D3;11D2;. The summed E-state index contributed by atoms with van der Waals surface area (Å²) in [6.07, 6.45) is 1.29. The topological polar surface area (TPSA) is 51.8 Å². The van der Waals surface area contributed by atoms with E-state index in [0.717, 1.165) is 33.6 Å². The van der Waals surface area contributed by atoms with Gasteiger partial charge in [0.05, 0.1) is 16.5 Å². The molecule has 0 bridgehead atoms. The zero-order valence-electron chi connectivity index (χ0n) is 37.4. The van der Waals surface area contributed by atoms with Crippen molar-refractivity contribution in [2.24, 2.45) is 5.41 Å². The van der Waals surface area contributed by atoms with Crippen molar-refractivity contribution in [2.75, 3.05) is 0 Å². The molecule has 0 aliphatic rings. The van der Waals surface area contributed by atoms with Crippen molar-refractivity contribution in [3.8, 4) is 22.5 Å². The smallest absolute Gasteiger partial charge is 0.130 e. The first kappa shape index (κ1) is 22.0. The molecule has 241 valence electrons. The molecule has 0 saturated carbocycles. The van der Waals surface area contributed by atoms with E-state index < -0.39 is 32.3 Å². The Bertz CT molecular complexity index is 2810. The van der Waals surface area contributed by atoms with Gasteiger partial charge < -0.3 is 14.4 Å². The Morgan fingerprint density at radius 3 is 2.29 bits per heavy atom. The van der Waals surface area contributed by atoms with E-state index in [9.17, 15) is 0 Å². The Kier molecular flexibility index (Phi) is 6.16. The summed E-state index contributed by atoms with van der Waals surface area (Å²) < 4.78 is 93.2. The SMILES string of the molecule is [2H]C([2H])([2H])c1ccc2ccc3ccc4c5cc[c-]c(-c6cc(C([2H])([2H])[2H])c(C([2H])([2H])[2H])cn6)c5oc4c3c2n1.[2H]C([2H])(c1ccc(-c2[c-]cccc2)nc1)C(C)(C)C.[Ir]. The maximum Gasteiger partial charge on any atom is 0.130 e. The van der Waals surface area contributed by atoms with Crippen LogP contribution in [0.2, 0.25) is 0 Å². The van der Waals surface area contributed by atoms with E-state index in [4.69, 9.17) is 19.5 Å². The third-order valence-electron chi connectivity index (χ3n) is 7.67. The third-order valence-corrected chi connectivity index (χ3v) is 7.67. The Balaban J connectivity index is 0.000000247. The number of benzene rings is 4. The van der Waals surface area contributed by atoms with Crippen LogP contribution in [0.25, 0.3) is 66.1 Å². The summed E-state index contributed by atoms with van der Waals surface area (Å²) in [5.74, 6) is 0. The van der Waals surface area contributed by atoms with Crippen LogP contribution in [0.5, 0.6) is 0 Å². The van der Waals surface area contributed by atoms with E-state index >= 15 is 0 Å². The molecule has 0 saturated heterocycles. The van der Waals surface area contributed by atoms with Gasteiger partial charge in [0.15, 0.2) is 0 Å². The maximum atomic E-state index is 8.21. The van der Waals surface area contributed by atoms with Gasteiger partial charge in [0.2, 0.25) is 0 Å². The van der Waals surface area contributed by atoms with Crippen molar-refractivity contribution in [2.45, 2.75) is 47.7 Å². The quantitative estimate of drug-likeness (QED) is 0.132. The van der Waals surface area contributed by atoms with Gasteiger partial charge in [-0.25, -0.2) is 0 Å². The summed E-state index contributed by atoms with van der Waals surface area (Å²) >= 11 is 0. The number of furan rings is 1. The van der Waals surface area contributed by atoms with Crippen molar-refractivity contribution >= 4 is 43.6 Å². The molecule has 0 spiro atoms. The molecule has 4 heterocycles. The molecule has 1 radical (unpaired) electrons. The number of hydrogen-bond acceptors (Lipinski definition) is 4. The fourth-order valence-corrected chi connectivity index (χ4v) is 5.58. The summed E-state index contributed by atoms with van der Waals surface area (Å²) in [5, 5.41) is 3.66. The van der Waals surface area contributed by atoms with E-state index in [1.807, 2.05) is 87.5 Å². The molecule has 4 aromatic heterocycles. The van der Waals surface area contributed by atoms with Gasteiger partial charge in [-0.2, -0.15) is 0 Å². The van der Waals surface area contributed by atoms with Crippen LogP contribution >= 0.6 is 0 Å². The first-order chi connectivity index (χ1) is 27.1. The van der Waals surface area contributed by atoms with Gasteiger partial charge >= 0.3 is 0 Å². The average Bonchev–Trinajstić information content (AvgIpc) is 3.56. The summed E-state index contributed by atoms with van der Waals surface area (Å²) in [6.45, 7) is -2.02. The van der Waals surface area contributed by atoms with Crippen LogP contribution in [0.15, 0.2) is 108 Å². The van der Waals surface area contributed by atoms with E-state index in [0.29, 0.717) is 38.6 Å². The number of aryl methyl sites for hydroxylation is 3. The molecule has 0 fully saturated rings. The second kappa shape index (κ2) is 13.4. The predicted molar refractivity (Wildman–Crippen MR) is 194 cm³/mol. The van der Waals surface area contributed by atoms with E-state index in [1.54, 1.807) is 18.3 Å². The number of rotatable bonds is 3. The van der Waals surface area contributed by atoms with Crippen molar-refractivity contribution in [3.05, 3.63) is 138 Å². The third kappa shape index (κ3) is 6.67. The van der Waals surface area contributed by atoms with E-state index in [2.05, 4.69) is 27.1 Å².